The summed E-state index contributed by atoms with van der Waals surface area (Å²) in [5.41, 5.74) is 2.83. The predicted octanol–water partition coefficient (Wildman–Crippen LogP) is 5.71. The number of aromatic hydroxyl groups is 2. The number of hydrogen-bond donors (Lipinski definition) is 4. The molecule has 1 aliphatic heterocycles. The van der Waals surface area contributed by atoms with E-state index in [1.54, 1.807) is 30.3 Å². The molecule has 6 bridgehead atoms. The molecule has 0 aromatic heterocycles. The largest absolute Gasteiger partial charge is 0.504 e. The van der Waals surface area contributed by atoms with Crippen molar-refractivity contribution in [2.75, 3.05) is 52.7 Å². The molecule has 0 fully saturated rings. The molecule has 2 amide bonds. The zero-order chi connectivity index (χ0) is 34.9. The number of phenols is 2. The number of rotatable bonds is 0. The van der Waals surface area contributed by atoms with E-state index in [0.29, 0.717) is 46.6 Å². The molecule has 10 nitrogen and oxygen atoms in total. The van der Waals surface area contributed by atoms with Crippen LogP contribution in [0.3, 0.4) is 0 Å². The summed E-state index contributed by atoms with van der Waals surface area (Å²) in [4.78, 5) is 25.4. The molecule has 0 unspecified atom stereocenters. The standard InChI is InChI=1S/C40H40N2O8/c1-26-21-33-31-11-4-2-7-27(31)24-35(37(33)43)49-19-17-47-15-13-41-39(45)29-9-6-10-30(23-29)40(46)42-14-16-48-18-20-50-36-25-28-8-3-5-12-32(28)34(22-26)38(36)44/h2-12,23-25,43-44H,1,13-22H2,(H,41,45)(H,42,46). The van der Waals surface area contributed by atoms with Gasteiger partial charge in [0.2, 0.25) is 0 Å². The van der Waals surface area contributed by atoms with E-state index in [-0.39, 0.29) is 76.0 Å². The summed E-state index contributed by atoms with van der Waals surface area (Å²) < 4.78 is 23.3. The minimum Gasteiger partial charge on any atom is -0.504 e. The minimum atomic E-state index is -0.323. The van der Waals surface area contributed by atoms with E-state index in [1.165, 1.54) is 6.07 Å². The van der Waals surface area contributed by atoms with Crippen LogP contribution in [-0.2, 0) is 22.3 Å². The van der Waals surface area contributed by atoms with Gasteiger partial charge in [-0.2, -0.15) is 0 Å². The maximum Gasteiger partial charge on any atom is 0.251 e. The molecular formula is C40H40N2O8. The molecule has 258 valence electrons. The molecule has 1 heterocycles. The number of amides is 2. The molecule has 5 aromatic carbocycles. The summed E-state index contributed by atoms with van der Waals surface area (Å²) in [6, 6.07) is 25.6. The van der Waals surface area contributed by atoms with E-state index in [2.05, 4.69) is 17.2 Å². The van der Waals surface area contributed by atoms with E-state index in [9.17, 15) is 19.8 Å². The SMILES string of the molecule is C=C1Cc2c(O)c(cc3ccccc23)OCCOCCNC(=O)c2cccc(c2)C(=O)NCCOCCOc2cc3ccccc3c(c2O)C1. The van der Waals surface area contributed by atoms with Crippen LogP contribution in [0.2, 0.25) is 0 Å². The number of hydrogen-bond acceptors (Lipinski definition) is 8. The third-order valence-electron chi connectivity index (χ3n) is 8.46. The van der Waals surface area contributed by atoms with Gasteiger partial charge >= 0.3 is 0 Å². The minimum absolute atomic E-state index is 0.0207. The zero-order valence-electron chi connectivity index (χ0n) is 27.7. The maximum atomic E-state index is 12.7. The van der Waals surface area contributed by atoms with Crippen molar-refractivity contribution in [3.8, 4) is 23.0 Å². The van der Waals surface area contributed by atoms with Crippen molar-refractivity contribution in [2.45, 2.75) is 12.8 Å². The molecule has 1 aliphatic rings. The molecule has 6 rings (SSSR count). The van der Waals surface area contributed by atoms with Crippen LogP contribution in [0.25, 0.3) is 21.5 Å². The van der Waals surface area contributed by atoms with Gasteiger partial charge < -0.3 is 39.8 Å². The third kappa shape index (κ3) is 8.16. The van der Waals surface area contributed by atoms with Crippen molar-refractivity contribution in [1.82, 2.24) is 10.6 Å². The topological polar surface area (TPSA) is 136 Å². The van der Waals surface area contributed by atoms with E-state index >= 15 is 0 Å². The van der Waals surface area contributed by atoms with E-state index in [1.807, 2.05) is 48.5 Å². The second kappa shape index (κ2) is 16.2. The highest BCUT2D eigenvalue weighted by Crippen LogP contribution is 2.41. The number of ether oxygens (including phenoxy) is 4. The Morgan fingerprint density at radius 2 is 1.02 bits per heavy atom. The Morgan fingerprint density at radius 3 is 1.50 bits per heavy atom. The number of phenolic OH excluding ortho intramolecular Hbond substituents is 2. The third-order valence-corrected chi connectivity index (χ3v) is 8.46. The lowest BCUT2D eigenvalue weighted by Gasteiger charge is -2.18. The van der Waals surface area contributed by atoms with Crippen molar-refractivity contribution in [2.24, 2.45) is 0 Å². The molecule has 0 atom stereocenters. The lowest BCUT2D eigenvalue weighted by molar-refractivity contribution is 0.0862. The highest BCUT2D eigenvalue weighted by atomic mass is 16.5. The summed E-state index contributed by atoms with van der Waals surface area (Å²) in [6.07, 6.45) is 0.678. The normalized spacial score (nSPS) is 16.0. The molecular weight excluding hydrogens is 636 g/mol. The van der Waals surface area contributed by atoms with Crippen molar-refractivity contribution in [1.29, 1.82) is 0 Å². The molecule has 10 heteroatoms. The van der Waals surface area contributed by atoms with Gasteiger partial charge in [0, 0.05) is 35.3 Å². The number of nitrogens with one attached hydrogen (secondary N) is 2. The first-order valence-electron chi connectivity index (χ1n) is 16.6. The van der Waals surface area contributed by atoms with Gasteiger partial charge in [-0.05, 0) is 64.7 Å². The zero-order valence-corrected chi connectivity index (χ0v) is 27.7. The maximum absolute atomic E-state index is 12.7. The highest BCUT2D eigenvalue weighted by molar-refractivity contribution is 5.99. The molecule has 0 saturated carbocycles. The first-order valence-corrected chi connectivity index (χ1v) is 16.6. The average molecular weight is 677 g/mol. The van der Waals surface area contributed by atoms with Gasteiger partial charge in [0.05, 0.1) is 26.4 Å². The summed E-state index contributed by atoms with van der Waals surface area (Å²) >= 11 is 0. The summed E-state index contributed by atoms with van der Waals surface area (Å²) in [6.45, 7) is 6.18. The molecule has 4 N–H and O–H groups in total. The van der Waals surface area contributed by atoms with Crippen LogP contribution in [0.1, 0.15) is 31.8 Å². The van der Waals surface area contributed by atoms with Crippen LogP contribution >= 0.6 is 0 Å². The van der Waals surface area contributed by atoms with Crippen LogP contribution < -0.4 is 20.1 Å². The second-order valence-corrected chi connectivity index (χ2v) is 12.0. The van der Waals surface area contributed by atoms with Gasteiger partial charge in [-0.1, -0.05) is 66.7 Å². The van der Waals surface area contributed by atoms with Crippen molar-refractivity contribution < 1.29 is 38.7 Å². The molecule has 0 spiro atoms. The van der Waals surface area contributed by atoms with Gasteiger partial charge in [-0.25, -0.2) is 0 Å². The Bertz CT molecular complexity index is 1890. The number of benzene rings is 5. The molecule has 0 radical (unpaired) electrons. The molecule has 5 aromatic rings. The Hall–Kier alpha value is -5.58. The van der Waals surface area contributed by atoms with Crippen molar-refractivity contribution >= 4 is 33.4 Å². The fourth-order valence-electron chi connectivity index (χ4n) is 6.01. The van der Waals surface area contributed by atoms with Crippen molar-refractivity contribution in [3.63, 3.8) is 0 Å². The van der Waals surface area contributed by atoms with E-state index in [4.69, 9.17) is 18.9 Å². The summed E-state index contributed by atoms with van der Waals surface area (Å²) in [7, 11) is 0. The Kier molecular flexibility index (Phi) is 11.1. The van der Waals surface area contributed by atoms with Crippen LogP contribution in [0.15, 0.2) is 97.1 Å². The Morgan fingerprint density at radius 1 is 0.560 bits per heavy atom. The quantitative estimate of drug-likeness (QED) is 0.153. The van der Waals surface area contributed by atoms with Gasteiger partial charge in [0.1, 0.15) is 13.2 Å². The fourth-order valence-corrected chi connectivity index (χ4v) is 6.01. The number of carbonyl (C=O) groups is 2. The predicted molar refractivity (Wildman–Crippen MR) is 192 cm³/mol. The number of fused-ring (bicyclic) bond motifs is 10. The lowest BCUT2D eigenvalue weighted by atomic mass is 9.92. The molecule has 0 saturated heterocycles. The summed E-state index contributed by atoms with van der Waals surface area (Å²) in [5, 5.41) is 32.0. The monoisotopic (exact) mass is 676 g/mol. The van der Waals surface area contributed by atoms with E-state index in [0.717, 1.165) is 27.1 Å². The molecule has 0 aliphatic carbocycles. The van der Waals surface area contributed by atoms with Gasteiger partial charge in [0.15, 0.2) is 23.0 Å². The smallest absolute Gasteiger partial charge is 0.251 e. The van der Waals surface area contributed by atoms with Crippen LogP contribution in [-0.4, -0.2) is 74.8 Å². The van der Waals surface area contributed by atoms with Crippen LogP contribution in [0, 0.1) is 0 Å². The fraction of sp³-hybridized carbons (Fsp3) is 0.250. The Labute approximate surface area is 290 Å². The average Bonchev–Trinajstić information content (AvgIpc) is 3.13. The first kappa shape index (κ1) is 34.3. The van der Waals surface area contributed by atoms with Gasteiger partial charge in [-0.15, -0.1) is 0 Å². The highest BCUT2D eigenvalue weighted by Gasteiger charge is 2.19. The Balaban J connectivity index is 1.24. The van der Waals surface area contributed by atoms with Crippen LogP contribution in [0.5, 0.6) is 23.0 Å². The van der Waals surface area contributed by atoms with Gasteiger partial charge in [0.25, 0.3) is 11.8 Å². The number of carbonyl (C=O) groups excluding carboxylic acids is 2. The number of allylic oxidation sites excluding steroid dienone is 1. The van der Waals surface area contributed by atoms with E-state index < -0.39 is 0 Å². The lowest BCUT2D eigenvalue weighted by Crippen LogP contribution is -2.29. The summed E-state index contributed by atoms with van der Waals surface area (Å²) in [5.74, 6) is 0.0454. The van der Waals surface area contributed by atoms with Crippen molar-refractivity contribution in [3.05, 3.63) is 119 Å². The second-order valence-electron chi connectivity index (χ2n) is 12.0. The first-order chi connectivity index (χ1) is 24.4. The van der Waals surface area contributed by atoms with Gasteiger partial charge in [-0.3, -0.25) is 9.59 Å². The molecule has 50 heavy (non-hydrogen) atoms. The van der Waals surface area contributed by atoms with Crippen LogP contribution in [0.4, 0.5) is 0 Å².